The van der Waals surface area contributed by atoms with Crippen LogP contribution in [0.5, 0.6) is 5.88 Å². The number of benzene rings is 1. The molecule has 0 spiro atoms. The summed E-state index contributed by atoms with van der Waals surface area (Å²) in [4.78, 5) is 15.3. The van der Waals surface area contributed by atoms with E-state index in [0.717, 1.165) is 5.56 Å². The Kier molecular flexibility index (Phi) is 3.72. The fourth-order valence-corrected chi connectivity index (χ4v) is 1.53. The summed E-state index contributed by atoms with van der Waals surface area (Å²) in [6, 6.07) is 13.3. The zero-order valence-corrected chi connectivity index (χ0v) is 10.5. The lowest BCUT2D eigenvalue weighted by Crippen LogP contribution is -2.01. The molecule has 2 rings (SSSR count). The van der Waals surface area contributed by atoms with Crippen molar-refractivity contribution in [2.75, 3.05) is 0 Å². The van der Waals surface area contributed by atoms with Gasteiger partial charge >= 0.3 is 0 Å². The van der Waals surface area contributed by atoms with Crippen LogP contribution in [0.4, 0.5) is 0 Å². The number of carbonyl (C=O) groups is 1. The number of Topliss-reactive ketones (excluding diaryl/α,β-unsaturated/α-hetero) is 1. The fraction of sp³-hybridized carbons (Fsp3) is 0.200. The number of ketones is 1. The van der Waals surface area contributed by atoms with Crippen molar-refractivity contribution in [3.63, 3.8) is 0 Å². The van der Waals surface area contributed by atoms with Crippen LogP contribution in [0, 0.1) is 6.92 Å². The molecule has 1 heterocycles. The maximum atomic E-state index is 11.2. The number of pyridine rings is 1. The summed E-state index contributed by atoms with van der Waals surface area (Å²) in [7, 11) is 0. The number of ether oxygens (including phenoxy) is 1. The number of hydrogen-bond acceptors (Lipinski definition) is 3. The normalized spacial score (nSPS) is 10.1. The van der Waals surface area contributed by atoms with Gasteiger partial charge in [-0.25, -0.2) is 4.98 Å². The molecule has 3 heteroatoms. The molecule has 0 aliphatic carbocycles. The molecule has 0 aliphatic heterocycles. The minimum Gasteiger partial charge on any atom is -0.473 e. The van der Waals surface area contributed by atoms with E-state index in [2.05, 4.69) is 4.98 Å². The van der Waals surface area contributed by atoms with Gasteiger partial charge in [0.05, 0.1) is 0 Å². The third kappa shape index (κ3) is 3.17. The minimum absolute atomic E-state index is 0.0595. The quantitative estimate of drug-likeness (QED) is 0.772. The Morgan fingerprint density at radius 1 is 1.17 bits per heavy atom. The lowest BCUT2D eigenvalue weighted by Gasteiger charge is -2.06. The second-order valence-corrected chi connectivity index (χ2v) is 4.19. The Bertz CT molecular complexity index is 547. The van der Waals surface area contributed by atoms with Crippen LogP contribution >= 0.6 is 0 Å². The van der Waals surface area contributed by atoms with Crippen molar-refractivity contribution in [2.24, 2.45) is 0 Å². The summed E-state index contributed by atoms with van der Waals surface area (Å²) in [6.45, 7) is 3.99. The number of carbonyl (C=O) groups excluding carboxylic acids is 1. The fourth-order valence-electron chi connectivity index (χ4n) is 1.53. The number of rotatable bonds is 4. The van der Waals surface area contributed by atoms with Gasteiger partial charge in [-0.2, -0.15) is 0 Å². The van der Waals surface area contributed by atoms with Crippen LogP contribution in [-0.2, 0) is 6.61 Å². The van der Waals surface area contributed by atoms with Crippen LogP contribution < -0.4 is 4.74 Å². The van der Waals surface area contributed by atoms with Crippen LogP contribution in [-0.4, -0.2) is 10.8 Å². The number of aryl methyl sites for hydroxylation is 1. The van der Waals surface area contributed by atoms with Gasteiger partial charge in [0.25, 0.3) is 0 Å². The summed E-state index contributed by atoms with van der Waals surface area (Å²) in [5.41, 5.74) is 2.72. The monoisotopic (exact) mass is 241 g/mol. The first-order valence-electron chi connectivity index (χ1n) is 5.81. The maximum Gasteiger partial charge on any atom is 0.214 e. The molecule has 0 unspecified atom stereocenters. The van der Waals surface area contributed by atoms with Gasteiger partial charge in [0.15, 0.2) is 5.78 Å². The first-order valence-corrected chi connectivity index (χ1v) is 5.81. The highest BCUT2D eigenvalue weighted by molar-refractivity contribution is 5.92. The van der Waals surface area contributed by atoms with Gasteiger partial charge in [-0.15, -0.1) is 0 Å². The van der Waals surface area contributed by atoms with Crippen LogP contribution in [0.25, 0.3) is 0 Å². The number of aromatic nitrogens is 1. The molecule has 0 amide bonds. The second-order valence-electron chi connectivity index (χ2n) is 4.19. The molecule has 92 valence electrons. The Morgan fingerprint density at radius 2 is 1.89 bits per heavy atom. The Hall–Kier alpha value is -2.16. The van der Waals surface area contributed by atoms with Gasteiger partial charge < -0.3 is 4.74 Å². The highest BCUT2D eigenvalue weighted by atomic mass is 16.5. The summed E-state index contributed by atoms with van der Waals surface area (Å²) in [5, 5.41) is 0. The lowest BCUT2D eigenvalue weighted by atomic mass is 10.2. The standard InChI is InChI=1S/C15H15NO2/c1-11-6-8-13(9-7-11)10-18-15-5-3-4-14(16-15)12(2)17/h3-9H,10H2,1-2H3. The predicted molar refractivity (Wildman–Crippen MR) is 69.8 cm³/mol. The first kappa shape index (κ1) is 12.3. The van der Waals surface area contributed by atoms with Gasteiger partial charge in [0, 0.05) is 13.0 Å². The molecule has 2 aromatic rings. The molecule has 0 aliphatic rings. The highest BCUT2D eigenvalue weighted by Gasteiger charge is 2.03. The molecule has 0 N–H and O–H groups in total. The molecule has 0 fully saturated rings. The smallest absolute Gasteiger partial charge is 0.214 e. The average Bonchev–Trinajstić information content (AvgIpc) is 2.38. The summed E-state index contributed by atoms with van der Waals surface area (Å²) >= 11 is 0. The Morgan fingerprint density at radius 3 is 2.56 bits per heavy atom. The molecule has 0 saturated carbocycles. The molecule has 1 aromatic carbocycles. The molecule has 1 aromatic heterocycles. The van der Waals surface area contributed by atoms with E-state index in [-0.39, 0.29) is 5.78 Å². The van der Waals surface area contributed by atoms with Gasteiger partial charge in [-0.05, 0) is 18.6 Å². The number of hydrogen-bond donors (Lipinski definition) is 0. The van der Waals surface area contributed by atoms with Crippen LogP contribution in [0.15, 0.2) is 42.5 Å². The lowest BCUT2D eigenvalue weighted by molar-refractivity contribution is 0.101. The molecule has 0 radical (unpaired) electrons. The van der Waals surface area contributed by atoms with Crippen molar-refractivity contribution in [1.82, 2.24) is 4.98 Å². The van der Waals surface area contributed by atoms with E-state index < -0.39 is 0 Å². The van der Waals surface area contributed by atoms with E-state index in [1.165, 1.54) is 12.5 Å². The molecule has 0 saturated heterocycles. The zero-order valence-electron chi connectivity index (χ0n) is 10.5. The number of nitrogens with zero attached hydrogens (tertiary/aromatic N) is 1. The highest BCUT2D eigenvalue weighted by Crippen LogP contribution is 2.11. The minimum atomic E-state index is -0.0595. The third-order valence-corrected chi connectivity index (χ3v) is 2.59. The van der Waals surface area contributed by atoms with E-state index >= 15 is 0 Å². The SMILES string of the molecule is CC(=O)c1cccc(OCc2ccc(C)cc2)n1. The molecule has 0 bridgehead atoms. The molecular formula is C15H15NO2. The van der Waals surface area contributed by atoms with Crippen molar-refractivity contribution in [1.29, 1.82) is 0 Å². The zero-order chi connectivity index (χ0) is 13.0. The van der Waals surface area contributed by atoms with Gasteiger partial charge in [-0.3, -0.25) is 4.79 Å². The Labute approximate surface area is 106 Å². The molecule has 18 heavy (non-hydrogen) atoms. The van der Waals surface area contributed by atoms with Gasteiger partial charge in [0.2, 0.25) is 5.88 Å². The largest absolute Gasteiger partial charge is 0.473 e. The van der Waals surface area contributed by atoms with Crippen molar-refractivity contribution in [2.45, 2.75) is 20.5 Å². The van der Waals surface area contributed by atoms with Gasteiger partial charge in [0.1, 0.15) is 12.3 Å². The van der Waals surface area contributed by atoms with E-state index in [1.807, 2.05) is 31.2 Å². The van der Waals surface area contributed by atoms with Crippen molar-refractivity contribution < 1.29 is 9.53 Å². The molecule has 0 atom stereocenters. The summed E-state index contributed by atoms with van der Waals surface area (Å²) in [5.74, 6) is 0.416. The van der Waals surface area contributed by atoms with Crippen LogP contribution in [0.2, 0.25) is 0 Å². The molecule has 3 nitrogen and oxygen atoms in total. The summed E-state index contributed by atoms with van der Waals surface area (Å²) in [6.07, 6.45) is 0. The first-order chi connectivity index (χ1) is 8.65. The summed E-state index contributed by atoms with van der Waals surface area (Å²) < 4.78 is 5.56. The van der Waals surface area contributed by atoms with Crippen LogP contribution in [0.3, 0.4) is 0 Å². The topological polar surface area (TPSA) is 39.2 Å². The van der Waals surface area contributed by atoms with E-state index in [9.17, 15) is 4.79 Å². The van der Waals surface area contributed by atoms with E-state index in [1.54, 1.807) is 18.2 Å². The Balaban J connectivity index is 2.04. The maximum absolute atomic E-state index is 11.2. The van der Waals surface area contributed by atoms with Crippen molar-refractivity contribution in [3.8, 4) is 5.88 Å². The average molecular weight is 241 g/mol. The predicted octanol–water partition coefficient (Wildman–Crippen LogP) is 3.17. The van der Waals surface area contributed by atoms with Gasteiger partial charge in [-0.1, -0.05) is 35.9 Å². The van der Waals surface area contributed by atoms with E-state index in [4.69, 9.17) is 4.74 Å². The van der Waals surface area contributed by atoms with Crippen molar-refractivity contribution in [3.05, 3.63) is 59.3 Å². The second kappa shape index (κ2) is 5.45. The van der Waals surface area contributed by atoms with Crippen LogP contribution in [0.1, 0.15) is 28.5 Å². The van der Waals surface area contributed by atoms with E-state index in [0.29, 0.717) is 18.2 Å². The van der Waals surface area contributed by atoms with Crippen molar-refractivity contribution >= 4 is 5.78 Å². The molecular weight excluding hydrogens is 226 g/mol. The third-order valence-electron chi connectivity index (χ3n) is 2.59.